The summed E-state index contributed by atoms with van der Waals surface area (Å²) < 4.78 is 11.0. The van der Waals surface area contributed by atoms with Crippen LogP contribution in [0, 0.1) is 13.8 Å². The van der Waals surface area contributed by atoms with Gasteiger partial charge in [0.15, 0.2) is 6.61 Å². The van der Waals surface area contributed by atoms with Gasteiger partial charge in [0.05, 0.1) is 0 Å². The lowest BCUT2D eigenvalue weighted by molar-refractivity contribution is -0.123. The van der Waals surface area contributed by atoms with Crippen LogP contribution < -0.4 is 10.2 Å². The van der Waals surface area contributed by atoms with Crippen molar-refractivity contribution >= 4 is 18.2 Å². The van der Waals surface area contributed by atoms with Gasteiger partial charge in [0.1, 0.15) is 17.3 Å². The van der Waals surface area contributed by atoms with Gasteiger partial charge in [-0.1, -0.05) is 26.0 Å². The molecule has 0 unspecified atom stereocenters. The minimum Gasteiger partial charge on any atom is -0.483 e. The first-order valence-corrected chi connectivity index (χ1v) is 8.24. The fraction of sp³-hybridized carbons (Fsp3) is 0.300. The first-order valence-electron chi connectivity index (χ1n) is 8.24. The van der Waals surface area contributed by atoms with Crippen molar-refractivity contribution in [3.05, 3.63) is 59.1 Å². The van der Waals surface area contributed by atoms with E-state index in [2.05, 4.69) is 24.4 Å². The maximum atomic E-state index is 11.8. The van der Waals surface area contributed by atoms with Gasteiger partial charge in [-0.05, 0) is 61.2 Å². The number of furan rings is 1. The Morgan fingerprint density at radius 3 is 2.76 bits per heavy atom. The number of hydrazone groups is 1. The molecule has 1 heterocycles. The van der Waals surface area contributed by atoms with E-state index >= 15 is 0 Å². The van der Waals surface area contributed by atoms with Gasteiger partial charge in [-0.15, -0.1) is 0 Å². The summed E-state index contributed by atoms with van der Waals surface area (Å²) in [5.74, 6) is 2.34. The highest BCUT2D eigenvalue weighted by Crippen LogP contribution is 2.27. The molecule has 1 amide bonds. The average Bonchev–Trinajstić information content (AvgIpc) is 2.97. The van der Waals surface area contributed by atoms with E-state index in [0.717, 1.165) is 28.4 Å². The number of carbonyl (C=O) groups is 1. The highest BCUT2D eigenvalue weighted by Gasteiger charge is 2.09. The molecule has 5 nitrogen and oxygen atoms in total. The van der Waals surface area contributed by atoms with Crippen LogP contribution in [0.15, 0.2) is 45.9 Å². The zero-order valence-corrected chi connectivity index (χ0v) is 15.1. The van der Waals surface area contributed by atoms with E-state index in [1.54, 1.807) is 12.2 Å². The normalized spacial score (nSPS) is 11.6. The van der Waals surface area contributed by atoms with Crippen LogP contribution in [0.25, 0.3) is 6.08 Å². The van der Waals surface area contributed by atoms with Crippen molar-refractivity contribution in [1.29, 1.82) is 0 Å². The predicted molar refractivity (Wildman–Crippen MR) is 99.9 cm³/mol. The summed E-state index contributed by atoms with van der Waals surface area (Å²) in [5, 5.41) is 3.85. The number of rotatable bonds is 7. The Bertz CT molecular complexity index is 773. The molecule has 0 fully saturated rings. The zero-order valence-electron chi connectivity index (χ0n) is 15.1. The maximum Gasteiger partial charge on any atom is 0.277 e. The summed E-state index contributed by atoms with van der Waals surface area (Å²) in [6.07, 6.45) is 4.94. The van der Waals surface area contributed by atoms with Crippen molar-refractivity contribution in [3.63, 3.8) is 0 Å². The number of allylic oxidation sites excluding steroid dienone is 1. The third kappa shape index (κ3) is 5.95. The largest absolute Gasteiger partial charge is 0.483 e. The number of ether oxygens (including phenoxy) is 1. The number of amides is 1. The van der Waals surface area contributed by atoms with Crippen molar-refractivity contribution in [2.24, 2.45) is 5.10 Å². The predicted octanol–water partition coefficient (Wildman–Crippen LogP) is 4.21. The monoisotopic (exact) mass is 340 g/mol. The summed E-state index contributed by atoms with van der Waals surface area (Å²) >= 11 is 0. The van der Waals surface area contributed by atoms with Crippen molar-refractivity contribution in [1.82, 2.24) is 5.43 Å². The van der Waals surface area contributed by atoms with E-state index in [4.69, 9.17) is 9.15 Å². The Morgan fingerprint density at radius 1 is 1.28 bits per heavy atom. The van der Waals surface area contributed by atoms with Crippen LogP contribution in [0.5, 0.6) is 5.75 Å². The lowest BCUT2D eigenvalue weighted by atomic mass is 10.0. The van der Waals surface area contributed by atoms with E-state index in [-0.39, 0.29) is 12.5 Å². The van der Waals surface area contributed by atoms with Crippen molar-refractivity contribution < 1.29 is 13.9 Å². The number of nitrogens with zero attached hydrogens (tertiary/aromatic N) is 1. The summed E-state index contributed by atoms with van der Waals surface area (Å²) in [6.45, 7) is 7.98. The molecule has 1 N–H and O–H groups in total. The smallest absolute Gasteiger partial charge is 0.277 e. The second-order valence-electron chi connectivity index (χ2n) is 6.11. The standard InChI is InChI=1S/C20H24N2O3/c1-14(2)18-10-7-15(3)12-19(18)24-13-20(23)22-21-11-5-6-17-9-8-16(4)25-17/h5-12,14H,13H2,1-4H3,(H,22,23)/b6-5+,21-11-. The zero-order chi connectivity index (χ0) is 18.2. The van der Waals surface area contributed by atoms with Crippen molar-refractivity contribution in [2.45, 2.75) is 33.6 Å². The Morgan fingerprint density at radius 2 is 2.08 bits per heavy atom. The number of benzene rings is 1. The second-order valence-corrected chi connectivity index (χ2v) is 6.11. The minimum atomic E-state index is -0.310. The molecule has 1 aromatic heterocycles. The van der Waals surface area contributed by atoms with E-state index in [1.165, 1.54) is 6.21 Å². The topological polar surface area (TPSA) is 63.8 Å². The molecule has 0 radical (unpaired) electrons. The molecule has 0 aliphatic carbocycles. The first-order chi connectivity index (χ1) is 12.0. The molecular formula is C20H24N2O3. The molecular weight excluding hydrogens is 316 g/mol. The molecule has 2 aromatic rings. The highest BCUT2D eigenvalue weighted by molar-refractivity contribution is 5.81. The fourth-order valence-corrected chi connectivity index (χ4v) is 2.25. The Hall–Kier alpha value is -2.82. The van der Waals surface area contributed by atoms with Crippen LogP contribution in [0.3, 0.4) is 0 Å². The van der Waals surface area contributed by atoms with E-state index in [9.17, 15) is 4.79 Å². The molecule has 0 bridgehead atoms. The number of hydrogen-bond donors (Lipinski definition) is 1. The van der Waals surface area contributed by atoms with Crippen molar-refractivity contribution in [2.75, 3.05) is 6.61 Å². The Labute approximate surface area is 148 Å². The molecule has 132 valence electrons. The Balaban J connectivity index is 1.82. The van der Waals surface area contributed by atoms with Gasteiger partial charge >= 0.3 is 0 Å². The van der Waals surface area contributed by atoms with Crippen LogP contribution in [-0.4, -0.2) is 18.7 Å². The molecule has 25 heavy (non-hydrogen) atoms. The highest BCUT2D eigenvalue weighted by atomic mass is 16.5. The fourth-order valence-electron chi connectivity index (χ4n) is 2.25. The Kier molecular flexibility index (Phi) is 6.57. The van der Waals surface area contributed by atoms with Gasteiger partial charge in [-0.25, -0.2) is 5.43 Å². The number of nitrogens with one attached hydrogen (secondary N) is 1. The second kappa shape index (κ2) is 8.87. The summed E-state index contributed by atoms with van der Waals surface area (Å²) in [4.78, 5) is 11.8. The minimum absolute atomic E-state index is 0.0817. The molecule has 0 aliphatic rings. The maximum absolute atomic E-state index is 11.8. The van der Waals surface area contributed by atoms with Gasteiger partial charge in [-0.3, -0.25) is 4.79 Å². The van der Waals surface area contributed by atoms with Gasteiger partial charge in [-0.2, -0.15) is 5.10 Å². The molecule has 1 aromatic carbocycles. The average molecular weight is 340 g/mol. The number of hydrogen-bond acceptors (Lipinski definition) is 4. The van der Waals surface area contributed by atoms with Crippen LogP contribution >= 0.6 is 0 Å². The SMILES string of the molecule is Cc1ccc(C(C)C)c(OCC(=O)N/N=C\C=C\c2ccc(C)o2)c1. The first kappa shape index (κ1) is 18.5. The number of aryl methyl sites for hydroxylation is 2. The molecule has 0 spiro atoms. The quantitative estimate of drug-likeness (QED) is 0.606. The van der Waals surface area contributed by atoms with Crippen LogP contribution in [0.1, 0.15) is 42.4 Å². The van der Waals surface area contributed by atoms with E-state index in [0.29, 0.717) is 5.92 Å². The molecule has 0 aliphatic heterocycles. The summed E-state index contributed by atoms with van der Waals surface area (Å²) in [7, 11) is 0. The van der Waals surface area contributed by atoms with Gasteiger partial charge in [0, 0.05) is 6.21 Å². The van der Waals surface area contributed by atoms with Gasteiger partial charge in [0.25, 0.3) is 5.91 Å². The lowest BCUT2D eigenvalue weighted by Gasteiger charge is -2.14. The van der Waals surface area contributed by atoms with Gasteiger partial charge < -0.3 is 9.15 Å². The van der Waals surface area contributed by atoms with Gasteiger partial charge in [0.2, 0.25) is 0 Å². The molecule has 0 saturated heterocycles. The summed E-state index contributed by atoms with van der Waals surface area (Å²) in [6, 6.07) is 9.76. The van der Waals surface area contributed by atoms with Crippen LogP contribution in [0.4, 0.5) is 0 Å². The van der Waals surface area contributed by atoms with Crippen molar-refractivity contribution in [3.8, 4) is 5.75 Å². The third-order valence-electron chi connectivity index (χ3n) is 3.52. The third-order valence-corrected chi connectivity index (χ3v) is 3.52. The molecule has 0 atom stereocenters. The molecule has 2 rings (SSSR count). The summed E-state index contributed by atoms with van der Waals surface area (Å²) in [5.41, 5.74) is 4.61. The van der Waals surface area contributed by atoms with E-state index in [1.807, 2.05) is 44.2 Å². The molecule has 0 saturated carbocycles. The van der Waals surface area contributed by atoms with Crippen LogP contribution in [0.2, 0.25) is 0 Å². The lowest BCUT2D eigenvalue weighted by Crippen LogP contribution is -2.24. The number of carbonyl (C=O) groups excluding carboxylic acids is 1. The van der Waals surface area contributed by atoms with E-state index < -0.39 is 0 Å². The van der Waals surface area contributed by atoms with Crippen LogP contribution in [-0.2, 0) is 4.79 Å². The molecule has 5 heteroatoms.